The van der Waals surface area contributed by atoms with Gasteiger partial charge in [-0.05, 0) is 23.6 Å². The number of hydrogen-bond acceptors (Lipinski definition) is 5. The van der Waals surface area contributed by atoms with Gasteiger partial charge in [-0.15, -0.1) is 0 Å². The first-order chi connectivity index (χ1) is 14.4. The van der Waals surface area contributed by atoms with Gasteiger partial charge in [0.25, 0.3) is 11.8 Å². The monoisotopic (exact) mass is 412 g/mol. The fraction of sp³-hybridized carbons (Fsp3) is 0.348. The number of ether oxygens (including phenoxy) is 1. The van der Waals surface area contributed by atoms with Gasteiger partial charge in [0.05, 0.1) is 13.2 Å². The zero-order valence-corrected chi connectivity index (χ0v) is 17.4. The van der Waals surface area contributed by atoms with Crippen molar-refractivity contribution in [1.29, 1.82) is 0 Å². The molecule has 7 nitrogen and oxygen atoms in total. The number of carbonyl (C=O) groups excluding carboxylic acids is 3. The number of hydrogen-bond donors (Lipinski definition) is 3. The molecule has 2 amide bonds. The molecule has 0 fully saturated rings. The minimum absolute atomic E-state index is 0.192. The zero-order chi connectivity index (χ0) is 22.1. The number of esters is 1. The predicted octanol–water partition coefficient (Wildman–Crippen LogP) is 2.22. The SMILES string of the molecule is CC[C@@H](C)[C@H](NC(=O)[C@H](O)[C@@H](NC(=O)c1ccccc1)c1ccccc1)C(=O)OC. The highest BCUT2D eigenvalue weighted by Crippen LogP contribution is 2.19. The predicted molar refractivity (Wildman–Crippen MR) is 112 cm³/mol. The molecule has 30 heavy (non-hydrogen) atoms. The zero-order valence-electron chi connectivity index (χ0n) is 17.4. The minimum Gasteiger partial charge on any atom is -0.467 e. The summed E-state index contributed by atoms with van der Waals surface area (Å²) in [6.07, 6.45) is -0.987. The third-order valence-corrected chi connectivity index (χ3v) is 5.03. The fourth-order valence-corrected chi connectivity index (χ4v) is 3.01. The Morgan fingerprint density at radius 3 is 2.07 bits per heavy atom. The van der Waals surface area contributed by atoms with E-state index < -0.39 is 36.0 Å². The van der Waals surface area contributed by atoms with Crippen molar-refractivity contribution in [2.24, 2.45) is 5.92 Å². The average molecular weight is 412 g/mol. The summed E-state index contributed by atoms with van der Waals surface area (Å²) < 4.78 is 4.78. The highest BCUT2D eigenvalue weighted by molar-refractivity contribution is 5.95. The Morgan fingerprint density at radius 1 is 0.967 bits per heavy atom. The van der Waals surface area contributed by atoms with Crippen LogP contribution in [-0.2, 0) is 14.3 Å². The number of nitrogens with one attached hydrogen (secondary N) is 2. The molecule has 0 radical (unpaired) electrons. The van der Waals surface area contributed by atoms with E-state index in [1.807, 2.05) is 6.92 Å². The van der Waals surface area contributed by atoms with Gasteiger partial charge in [0.15, 0.2) is 6.10 Å². The van der Waals surface area contributed by atoms with Crippen molar-refractivity contribution in [3.63, 3.8) is 0 Å². The summed E-state index contributed by atoms with van der Waals surface area (Å²) in [4.78, 5) is 37.6. The van der Waals surface area contributed by atoms with Crippen LogP contribution in [0.3, 0.4) is 0 Å². The molecule has 0 aromatic heterocycles. The molecule has 0 heterocycles. The van der Waals surface area contributed by atoms with Gasteiger partial charge in [0.2, 0.25) is 0 Å². The third-order valence-electron chi connectivity index (χ3n) is 5.03. The smallest absolute Gasteiger partial charge is 0.328 e. The van der Waals surface area contributed by atoms with E-state index in [4.69, 9.17) is 4.74 Å². The first-order valence-electron chi connectivity index (χ1n) is 9.86. The molecule has 3 N–H and O–H groups in total. The molecule has 0 aliphatic rings. The van der Waals surface area contributed by atoms with E-state index in [-0.39, 0.29) is 5.92 Å². The Labute approximate surface area is 176 Å². The van der Waals surface area contributed by atoms with E-state index in [0.29, 0.717) is 17.5 Å². The lowest BCUT2D eigenvalue weighted by molar-refractivity contribution is -0.148. The lowest BCUT2D eigenvalue weighted by Gasteiger charge is -2.27. The van der Waals surface area contributed by atoms with Crippen LogP contribution >= 0.6 is 0 Å². The van der Waals surface area contributed by atoms with Gasteiger partial charge in [0.1, 0.15) is 6.04 Å². The molecular formula is C23H28N2O5. The van der Waals surface area contributed by atoms with Crippen LogP contribution < -0.4 is 10.6 Å². The third kappa shape index (κ3) is 5.90. The maximum absolute atomic E-state index is 12.8. The summed E-state index contributed by atoms with van der Waals surface area (Å²) in [5, 5.41) is 16.1. The summed E-state index contributed by atoms with van der Waals surface area (Å²) >= 11 is 0. The van der Waals surface area contributed by atoms with Crippen molar-refractivity contribution in [2.45, 2.75) is 38.5 Å². The van der Waals surface area contributed by atoms with Crippen molar-refractivity contribution in [2.75, 3.05) is 7.11 Å². The van der Waals surface area contributed by atoms with Crippen LogP contribution in [0, 0.1) is 5.92 Å². The number of aliphatic hydroxyl groups is 1. The Bertz CT molecular complexity index is 841. The van der Waals surface area contributed by atoms with E-state index in [1.165, 1.54) is 7.11 Å². The van der Waals surface area contributed by atoms with Crippen LogP contribution in [-0.4, -0.2) is 42.1 Å². The number of aliphatic hydroxyl groups excluding tert-OH is 1. The molecule has 0 bridgehead atoms. The maximum atomic E-state index is 12.8. The van der Waals surface area contributed by atoms with Gasteiger partial charge in [-0.2, -0.15) is 0 Å². The van der Waals surface area contributed by atoms with Gasteiger partial charge >= 0.3 is 5.97 Å². The lowest BCUT2D eigenvalue weighted by Crippen LogP contribution is -2.52. The molecule has 2 rings (SSSR count). The highest BCUT2D eigenvalue weighted by atomic mass is 16.5. The molecule has 0 spiro atoms. The Hall–Kier alpha value is -3.19. The van der Waals surface area contributed by atoms with E-state index >= 15 is 0 Å². The van der Waals surface area contributed by atoms with E-state index in [0.717, 1.165) is 0 Å². The first-order valence-corrected chi connectivity index (χ1v) is 9.86. The summed E-state index contributed by atoms with van der Waals surface area (Å²) in [5.74, 6) is -1.98. The molecule has 0 aliphatic heterocycles. The maximum Gasteiger partial charge on any atom is 0.328 e. The Morgan fingerprint density at radius 2 is 1.53 bits per heavy atom. The fourth-order valence-electron chi connectivity index (χ4n) is 3.01. The van der Waals surface area contributed by atoms with Crippen molar-refractivity contribution in [1.82, 2.24) is 10.6 Å². The van der Waals surface area contributed by atoms with Crippen LogP contribution in [0.4, 0.5) is 0 Å². The van der Waals surface area contributed by atoms with Crippen LogP contribution in [0.5, 0.6) is 0 Å². The van der Waals surface area contributed by atoms with E-state index in [9.17, 15) is 19.5 Å². The van der Waals surface area contributed by atoms with Gasteiger partial charge in [-0.1, -0.05) is 68.8 Å². The number of benzene rings is 2. The highest BCUT2D eigenvalue weighted by Gasteiger charge is 2.34. The molecule has 4 atom stereocenters. The molecule has 7 heteroatoms. The molecule has 160 valence electrons. The number of methoxy groups -OCH3 is 1. The van der Waals surface area contributed by atoms with Crippen molar-refractivity contribution >= 4 is 17.8 Å². The Balaban J connectivity index is 2.25. The lowest BCUT2D eigenvalue weighted by atomic mass is 9.96. The molecule has 0 aliphatic carbocycles. The van der Waals surface area contributed by atoms with Crippen molar-refractivity contribution in [3.8, 4) is 0 Å². The largest absolute Gasteiger partial charge is 0.467 e. The summed E-state index contributed by atoms with van der Waals surface area (Å²) in [6.45, 7) is 3.69. The van der Waals surface area contributed by atoms with Gasteiger partial charge in [-0.25, -0.2) is 4.79 Å². The minimum atomic E-state index is -1.61. The second kappa shape index (κ2) is 11.1. The van der Waals surface area contributed by atoms with Crippen molar-refractivity contribution < 1.29 is 24.2 Å². The van der Waals surface area contributed by atoms with Gasteiger partial charge < -0.3 is 20.5 Å². The number of amides is 2. The summed E-state index contributed by atoms with van der Waals surface area (Å²) in [6, 6.07) is 15.3. The quantitative estimate of drug-likeness (QED) is 0.548. The molecule has 2 aromatic rings. The van der Waals surface area contributed by atoms with Crippen LogP contribution in [0.15, 0.2) is 60.7 Å². The van der Waals surface area contributed by atoms with E-state index in [2.05, 4.69) is 10.6 Å². The van der Waals surface area contributed by atoms with Crippen LogP contribution in [0.1, 0.15) is 42.2 Å². The average Bonchev–Trinajstić information content (AvgIpc) is 2.80. The normalized spacial score (nSPS) is 14.7. The molecule has 0 saturated heterocycles. The van der Waals surface area contributed by atoms with Gasteiger partial charge in [0, 0.05) is 5.56 Å². The van der Waals surface area contributed by atoms with Crippen LogP contribution in [0.2, 0.25) is 0 Å². The van der Waals surface area contributed by atoms with Crippen LogP contribution in [0.25, 0.3) is 0 Å². The second-order valence-corrected chi connectivity index (χ2v) is 7.07. The van der Waals surface area contributed by atoms with E-state index in [1.54, 1.807) is 67.6 Å². The van der Waals surface area contributed by atoms with Crippen molar-refractivity contribution in [3.05, 3.63) is 71.8 Å². The molecular weight excluding hydrogens is 384 g/mol. The molecule has 0 unspecified atom stereocenters. The molecule has 0 saturated carbocycles. The Kier molecular flexibility index (Phi) is 8.55. The first kappa shape index (κ1) is 23.1. The number of rotatable bonds is 9. The van der Waals surface area contributed by atoms with Gasteiger partial charge in [-0.3, -0.25) is 9.59 Å². The summed E-state index contributed by atoms with van der Waals surface area (Å²) in [5.41, 5.74) is 0.959. The second-order valence-electron chi connectivity index (χ2n) is 7.07. The summed E-state index contributed by atoms with van der Waals surface area (Å²) in [7, 11) is 1.24. The molecule has 2 aromatic carbocycles. The standard InChI is InChI=1S/C23H28N2O5/c1-4-15(2)18(23(29)30-3)24-22(28)20(26)19(16-11-7-5-8-12-16)25-21(27)17-13-9-6-10-14-17/h5-15,18-20,26H,4H2,1-3H3,(H,24,28)(H,25,27)/t15-,18+,19+,20-/m1/s1. The number of carbonyl (C=O) groups is 3. The topological polar surface area (TPSA) is 105 Å².